The van der Waals surface area contributed by atoms with Gasteiger partial charge in [-0.15, -0.1) is 0 Å². The Bertz CT molecular complexity index is 448. The Morgan fingerprint density at radius 1 is 0.905 bits per heavy atom. The van der Waals surface area contributed by atoms with Crippen molar-refractivity contribution in [1.82, 2.24) is 9.80 Å². The summed E-state index contributed by atoms with van der Waals surface area (Å²) in [6.45, 7) is 18.4. The lowest BCUT2D eigenvalue weighted by Crippen LogP contribution is -2.52. The minimum atomic E-state index is 0.243. The van der Waals surface area contributed by atoms with Crippen molar-refractivity contribution in [3.8, 4) is 0 Å². The van der Waals surface area contributed by atoms with Crippen LogP contribution in [0.4, 0.5) is 0 Å². The highest BCUT2D eigenvalue weighted by Gasteiger charge is 2.26. The van der Waals surface area contributed by atoms with Crippen molar-refractivity contribution in [3.63, 3.8) is 0 Å². The molecule has 0 atom stereocenters. The van der Waals surface area contributed by atoms with E-state index < -0.39 is 0 Å². The maximum Gasteiger partial charge on any atom is 0.0514 e. The third-order valence-corrected chi connectivity index (χ3v) is 4.45. The van der Waals surface area contributed by atoms with Gasteiger partial charge in [0, 0.05) is 25.2 Å². The molecule has 1 aliphatic heterocycles. The molecule has 118 valence electrons. The van der Waals surface area contributed by atoms with E-state index in [1.165, 1.54) is 30.6 Å². The van der Waals surface area contributed by atoms with Crippen LogP contribution >= 0.6 is 0 Å². The van der Waals surface area contributed by atoms with E-state index in [2.05, 4.69) is 75.6 Å². The lowest BCUT2D eigenvalue weighted by Gasteiger charge is -2.43. The summed E-state index contributed by atoms with van der Waals surface area (Å²) in [7, 11) is 0. The van der Waals surface area contributed by atoms with E-state index in [-0.39, 0.29) is 11.0 Å². The second-order valence-electron chi connectivity index (χ2n) is 8.43. The van der Waals surface area contributed by atoms with Crippen molar-refractivity contribution in [2.75, 3.05) is 19.8 Å². The van der Waals surface area contributed by atoms with Crippen molar-refractivity contribution >= 4 is 0 Å². The molecule has 1 aromatic rings. The van der Waals surface area contributed by atoms with Crippen molar-refractivity contribution < 1.29 is 0 Å². The molecule has 2 rings (SSSR count). The Morgan fingerprint density at radius 2 is 1.52 bits per heavy atom. The van der Waals surface area contributed by atoms with E-state index in [9.17, 15) is 0 Å². The standard InChI is InChI=1S/C19H32N2/c1-18(2,3)17-10-8-16(9-11-17)14-20-12-7-13-21(15-20)19(4,5)6/h8-11H,7,12-15H2,1-6H3. The highest BCUT2D eigenvalue weighted by atomic mass is 15.4. The molecule has 0 amide bonds. The van der Waals surface area contributed by atoms with Crippen LogP contribution in [0.5, 0.6) is 0 Å². The van der Waals surface area contributed by atoms with Gasteiger partial charge in [-0.2, -0.15) is 0 Å². The minimum Gasteiger partial charge on any atom is -0.286 e. The van der Waals surface area contributed by atoms with Crippen LogP contribution in [0.3, 0.4) is 0 Å². The molecule has 2 heteroatoms. The SMILES string of the molecule is CC(C)(C)c1ccc(CN2CCCN(C(C)(C)C)C2)cc1. The Labute approximate surface area is 131 Å². The van der Waals surface area contributed by atoms with Crippen LogP contribution in [0.1, 0.15) is 59.1 Å². The minimum absolute atomic E-state index is 0.243. The van der Waals surface area contributed by atoms with Gasteiger partial charge in [0.05, 0.1) is 6.67 Å². The maximum absolute atomic E-state index is 2.58. The number of hydrogen-bond acceptors (Lipinski definition) is 2. The van der Waals surface area contributed by atoms with Crippen molar-refractivity contribution in [2.24, 2.45) is 0 Å². The normalized spacial score (nSPS) is 19.0. The van der Waals surface area contributed by atoms with Gasteiger partial charge >= 0.3 is 0 Å². The van der Waals surface area contributed by atoms with Gasteiger partial charge in [0.15, 0.2) is 0 Å². The molecule has 1 heterocycles. The summed E-state index contributed by atoms with van der Waals surface area (Å²) >= 11 is 0. The molecule has 2 nitrogen and oxygen atoms in total. The van der Waals surface area contributed by atoms with Gasteiger partial charge in [-0.25, -0.2) is 0 Å². The Balaban J connectivity index is 1.98. The van der Waals surface area contributed by atoms with Crippen LogP contribution in [0.2, 0.25) is 0 Å². The number of hydrogen-bond donors (Lipinski definition) is 0. The molecule has 1 aliphatic rings. The fraction of sp³-hybridized carbons (Fsp3) is 0.684. The zero-order valence-electron chi connectivity index (χ0n) is 14.7. The topological polar surface area (TPSA) is 6.48 Å². The summed E-state index contributed by atoms with van der Waals surface area (Å²) in [5, 5.41) is 0. The van der Waals surface area contributed by atoms with Crippen LogP contribution in [-0.2, 0) is 12.0 Å². The summed E-state index contributed by atoms with van der Waals surface area (Å²) in [5.41, 5.74) is 3.36. The largest absolute Gasteiger partial charge is 0.286 e. The number of nitrogens with zero attached hydrogens (tertiary/aromatic N) is 2. The monoisotopic (exact) mass is 288 g/mol. The Hall–Kier alpha value is -0.860. The lowest BCUT2D eigenvalue weighted by atomic mass is 9.87. The summed E-state index contributed by atoms with van der Waals surface area (Å²) in [5.74, 6) is 0. The second-order valence-corrected chi connectivity index (χ2v) is 8.43. The summed E-state index contributed by atoms with van der Waals surface area (Å²) in [6.07, 6.45) is 1.28. The molecule has 1 saturated heterocycles. The average molecular weight is 288 g/mol. The van der Waals surface area contributed by atoms with E-state index in [4.69, 9.17) is 0 Å². The first-order valence-corrected chi connectivity index (χ1v) is 8.23. The molecule has 0 spiro atoms. The first-order chi connectivity index (χ1) is 9.66. The fourth-order valence-corrected chi connectivity index (χ4v) is 2.91. The molecule has 0 unspecified atom stereocenters. The highest BCUT2D eigenvalue weighted by Crippen LogP contribution is 2.23. The summed E-state index contributed by atoms with van der Waals surface area (Å²) in [6, 6.07) is 9.19. The van der Waals surface area contributed by atoms with Crippen LogP contribution in [0.25, 0.3) is 0 Å². The van der Waals surface area contributed by atoms with Gasteiger partial charge in [-0.05, 0) is 43.7 Å². The molecule has 0 radical (unpaired) electrons. The molecule has 21 heavy (non-hydrogen) atoms. The third kappa shape index (κ3) is 4.55. The zero-order valence-corrected chi connectivity index (χ0v) is 14.7. The highest BCUT2D eigenvalue weighted by molar-refractivity contribution is 5.27. The van der Waals surface area contributed by atoms with E-state index in [1.54, 1.807) is 0 Å². The molecule has 1 fully saturated rings. The third-order valence-electron chi connectivity index (χ3n) is 4.45. The van der Waals surface area contributed by atoms with E-state index >= 15 is 0 Å². The molecular weight excluding hydrogens is 256 g/mol. The fourth-order valence-electron chi connectivity index (χ4n) is 2.91. The Kier molecular flexibility index (Phi) is 4.79. The van der Waals surface area contributed by atoms with Crippen LogP contribution < -0.4 is 0 Å². The predicted octanol–water partition coefficient (Wildman–Crippen LogP) is 4.25. The average Bonchev–Trinajstić information content (AvgIpc) is 2.37. The number of rotatable bonds is 2. The smallest absolute Gasteiger partial charge is 0.0514 e. The molecular formula is C19H32N2. The lowest BCUT2D eigenvalue weighted by molar-refractivity contribution is 0.0171. The van der Waals surface area contributed by atoms with Crippen molar-refractivity contribution in [1.29, 1.82) is 0 Å². The van der Waals surface area contributed by atoms with Gasteiger partial charge in [0.1, 0.15) is 0 Å². The van der Waals surface area contributed by atoms with Crippen molar-refractivity contribution in [3.05, 3.63) is 35.4 Å². The quantitative estimate of drug-likeness (QED) is 0.803. The molecule has 1 aromatic carbocycles. The van der Waals surface area contributed by atoms with Gasteiger partial charge < -0.3 is 0 Å². The van der Waals surface area contributed by atoms with E-state index in [0.29, 0.717) is 0 Å². The van der Waals surface area contributed by atoms with E-state index in [1.807, 2.05) is 0 Å². The number of benzene rings is 1. The van der Waals surface area contributed by atoms with Crippen LogP contribution in [-0.4, -0.2) is 35.1 Å². The van der Waals surface area contributed by atoms with Crippen LogP contribution in [0, 0.1) is 0 Å². The van der Waals surface area contributed by atoms with Gasteiger partial charge in [0.25, 0.3) is 0 Å². The van der Waals surface area contributed by atoms with Gasteiger partial charge in [-0.3, -0.25) is 9.80 Å². The molecule has 0 aliphatic carbocycles. The summed E-state index contributed by atoms with van der Waals surface area (Å²) < 4.78 is 0. The predicted molar refractivity (Wildman–Crippen MR) is 91.5 cm³/mol. The van der Waals surface area contributed by atoms with E-state index in [0.717, 1.165) is 13.2 Å². The molecule has 0 saturated carbocycles. The van der Waals surface area contributed by atoms with Gasteiger partial charge in [0.2, 0.25) is 0 Å². The first kappa shape index (κ1) is 16.5. The van der Waals surface area contributed by atoms with Gasteiger partial charge in [-0.1, -0.05) is 45.0 Å². The molecule has 0 N–H and O–H groups in total. The second kappa shape index (κ2) is 6.10. The zero-order chi connectivity index (χ0) is 15.7. The Morgan fingerprint density at radius 3 is 2.05 bits per heavy atom. The van der Waals surface area contributed by atoms with Crippen LogP contribution in [0.15, 0.2) is 24.3 Å². The molecule has 0 bridgehead atoms. The first-order valence-electron chi connectivity index (χ1n) is 8.23. The summed E-state index contributed by atoms with van der Waals surface area (Å²) in [4.78, 5) is 5.15. The molecule has 0 aromatic heterocycles. The van der Waals surface area contributed by atoms with Crippen molar-refractivity contribution in [2.45, 2.75) is 65.5 Å². The maximum atomic E-state index is 2.58.